The fourth-order valence-electron chi connectivity index (χ4n) is 2.84. The molecule has 0 aliphatic rings. The Balaban J connectivity index is 1.81. The molecule has 3 aromatic carbocycles. The second-order valence-corrected chi connectivity index (χ2v) is 6.67. The monoisotopic (exact) mass is 405 g/mol. The van der Waals surface area contributed by atoms with Crippen molar-refractivity contribution >= 4 is 23.3 Å². The number of nitrogens with zero attached hydrogens (tertiary/aromatic N) is 1. The Bertz CT molecular complexity index is 1070. The molecule has 4 nitrogen and oxygen atoms in total. The summed E-state index contributed by atoms with van der Waals surface area (Å²) < 4.78 is 16.5. The van der Waals surface area contributed by atoms with E-state index in [1.54, 1.807) is 26.4 Å². The highest BCUT2D eigenvalue weighted by Gasteiger charge is 2.08. The van der Waals surface area contributed by atoms with Crippen molar-refractivity contribution in [1.29, 1.82) is 5.26 Å². The zero-order chi connectivity index (χ0) is 20.6. The Morgan fingerprint density at radius 3 is 2.48 bits per heavy atom. The number of allylic oxidation sites excluding steroid dienone is 1. The predicted molar refractivity (Wildman–Crippen MR) is 115 cm³/mol. The average Bonchev–Trinajstić information content (AvgIpc) is 2.76. The van der Waals surface area contributed by atoms with Crippen LogP contribution in [0.2, 0.25) is 5.02 Å². The zero-order valence-corrected chi connectivity index (χ0v) is 16.9. The largest absolute Gasteiger partial charge is 0.493 e. The standard InChI is InChI=1S/C24H20ClNO3/c1-27-23-10-9-19(14-24(23)28-2)20(15-26)11-17-5-4-8-22(13-17)29-16-18-6-3-7-21(25)12-18/h3-14H,16H2,1-2H3/b20-11+. The molecule has 0 heterocycles. The number of hydrogen-bond acceptors (Lipinski definition) is 4. The molecule has 0 amide bonds. The molecule has 0 atom stereocenters. The summed E-state index contributed by atoms with van der Waals surface area (Å²) in [6, 6.07) is 22.8. The van der Waals surface area contributed by atoms with Crippen LogP contribution >= 0.6 is 11.6 Å². The summed E-state index contributed by atoms with van der Waals surface area (Å²) in [5.41, 5.74) is 3.11. The molecule has 0 fully saturated rings. The van der Waals surface area contributed by atoms with Crippen molar-refractivity contribution in [3.63, 3.8) is 0 Å². The first-order valence-electron chi connectivity index (χ1n) is 8.94. The molecule has 29 heavy (non-hydrogen) atoms. The van der Waals surface area contributed by atoms with Crippen molar-refractivity contribution in [3.05, 3.63) is 88.4 Å². The normalized spacial score (nSPS) is 10.9. The molecule has 0 saturated carbocycles. The lowest BCUT2D eigenvalue weighted by molar-refractivity contribution is 0.306. The van der Waals surface area contributed by atoms with Crippen LogP contribution in [0.3, 0.4) is 0 Å². The van der Waals surface area contributed by atoms with Gasteiger partial charge in [0.1, 0.15) is 12.4 Å². The van der Waals surface area contributed by atoms with Gasteiger partial charge >= 0.3 is 0 Å². The Kier molecular flexibility index (Phi) is 6.78. The van der Waals surface area contributed by atoms with Crippen molar-refractivity contribution in [2.24, 2.45) is 0 Å². The Hall–Kier alpha value is -3.42. The van der Waals surface area contributed by atoms with E-state index in [0.717, 1.165) is 16.7 Å². The van der Waals surface area contributed by atoms with E-state index in [9.17, 15) is 5.26 Å². The van der Waals surface area contributed by atoms with Gasteiger partial charge in [-0.3, -0.25) is 0 Å². The van der Waals surface area contributed by atoms with Gasteiger partial charge in [-0.15, -0.1) is 0 Å². The van der Waals surface area contributed by atoms with Crippen molar-refractivity contribution in [2.45, 2.75) is 6.61 Å². The van der Waals surface area contributed by atoms with E-state index in [1.165, 1.54) is 0 Å². The molecule has 0 aliphatic carbocycles. The van der Waals surface area contributed by atoms with Crippen LogP contribution in [-0.2, 0) is 6.61 Å². The molecule has 0 aromatic heterocycles. The third-order valence-corrected chi connectivity index (χ3v) is 4.51. The van der Waals surface area contributed by atoms with Gasteiger partial charge in [0.15, 0.2) is 11.5 Å². The van der Waals surface area contributed by atoms with Crippen molar-refractivity contribution < 1.29 is 14.2 Å². The van der Waals surface area contributed by atoms with Gasteiger partial charge < -0.3 is 14.2 Å². The van der Waals surface area contributed by atoms with Gasteiger partial charge in [-0.25, -0.2) is 0 Å². The van der Waals surface area contributed by atoms with Gasteiger partial charge in [0, 0.05) is 5.02 Å². The van der Waals surface area contributed by atoms with Crippen LogP contribution in [0.5, 0.6) is 17.2 Å². The molecule has 5 heteroatoms. The van der Waals surface area contributed by atoms with Crippen LogP contribution in [0.15, 0.2) is 66.7 Å². The van der Waals surface area contributed by atoms with Crippen LogP contribution in [0.4, 0.5) is 0 Å². The summed E-state index contributed by atoms with van der Waals surface area (Å²) in [5, 5.41) is 10.3. The SMILES string of the molecule is COc1ccc(/C(C#N)=C/c2cccc(OCc3cccc(Cl)c3)c2)cc1OC. The molecule has 3 aromatic rings. The van der Waals surface area contributed by atoms with Gasteiger partial charge in [0.25, 0.3) is 0 Å². The number of benzene rings is 3. The number of halogens is 1. The van der Waals surface area contributed by atoms with Gasteiger partial charge in [-0.05, 0) is 65.2 Å². The third-order valence-electron chi connectivity index (χ3n) is 4.28. The first kappa shape index (κ1) is 20.3. The fraction of sp³-hybridized carbons (Fsp3) is 0.125. The number of ether oxygens (including phenoxy) is 3. The van der Waals surface area contributed by atoms with E-state index in [2.05, 4.69) is 6.07 Å². The van der Waals surface area contributed by atoms with E-state index >= 15 is 0 Å². The lowest BCUT2D eigenvalue weighted by atomic mass is 10.0. The van der Waals surface area contributed by atoms with E-state index in [4.69, 9.17) is 25.8 Å². The van der Waals surface area contributed by atoms with Gasteiger partial charge in [-0.2, -0.15) is 5.26 Å². The molecule has 3 rings (SSSR count). The highest BCUT2D eigenvalue weighted by atomic mass is 35.5. The lowest BCUT2D eigenvalue weighted by Crippen LogP contribution is -1.95. The molecular formula is C24H20ClNO3. The van der Waals surface area contributed by atoms with E-state index < -0.39 is 0 Å². The summed E-state index contributed by atoms with van der Waals surface area (Å²) in [7, 11) is 3.14. The van der Waals surface area contributed by atoms with Gasteiger partial charge in [0.2, 0.25) is 0 Å². The number of rotatable bonds is 7. The minimum atomic E-state index is 0.411. The van der Waals surface area contributed by atoms with Crippen LogP contribution in [0, 0.1) is 11.3 Å². The molecule has 0 spiro atoms. The van der Waals surface area contributed by atoms with Crippen molar-refractivity contribution in [1.82, 2.24) is 0 Å². The average molecular weight is 406 g/mol. The summed E-state index contributed by atoms with van der Waals surface area (Å²) in [5.74, 6) is 1.90. The summed E-state index contributed by atoms with van der Waals surface area (Å²) in [6.07, 6.45) is 1.81. The van der Waals surface area contributed by atoms with E-state index in [-0.39, 0.29) is 0 Å². The van der Waals surface area contributed by atoms with E-state index in [1.807, 2.05) is 60.7 Å². The maximum atomic E-state index is 9.64. The maximum absolute atomic E-state index is 9.64. The van der Waals surface area contributed by atoms with Crippen LogP contribution in [0.25, 0.3) is 11.6 Å². The smallest absolute Gasteiger partial charge is 0.161 e. The topological polar surface area (TPSA) is 51.5 Å². The molecule has 0 saturated heterocycles. The molecule has 0 radical (unpaired) electrons. The fourth-order valence-corrected chi connectivity index (χ4v) is 3.05. The first-order chi connectivity index (χ1) is 14.1. The second-order valence-electron chi connectivity index (χ2n) is 6.23. The van der Waals surface area contributed by atoms with Crippen molar-refractivity contribution in [2.75, 3.05) is 14.2 Å². The minimum Gasteiger partial charge on any atom is -0.493 e. The number of nitriles is 1. The Morgan fingerprint density at radius 1 is 0.966 bits per heavy atom. The summed E-state index contributed by atoms with van der Waals surface area (Å²) >= 11 is 6.01. The second kappa shape index (κ2) is 9.68. The summed E-state index contributed by atoms with van der Waals surface area (Å²) in [4.78, 5) is 0. The Morgan fingerprint density at radius 2 is 1.76 bits per heavy atom. The third kappa shape index (κ3) is 5.31. The zero-order valence-electron chi connectivity index (χ0n) is 16.2. The quantitative estimate of drug-likeness (QED) is 0.357. The Labute approximate surface area is 175 Å². The van der Waals surface area contributed by atoms with Gasteiger partial charge in [-0.1, -0.05) is 35.9 Å². The predicted octanol–water partition coefficient (Wildman–Crippen LogP) is 6.00. The van der Waals surface area contributed by atoms with Crippen LogP contribution < -0.4 is 14.2 Å². The first-order valence-corrected chi connectivity index (χ1v) is 9.32. The molecule has 0 N–H and O–H groups in total. The highest BCUT2D eigenvalue weighted by Crippen LogP contribution is 2.31. The maximum Gasteiger partial charge on any atom is 0.161 e. The molecule has 146 valence electrons. The summed E-state index contributed by atoms with van der Waals surface area (Å²) in [6.45, 7) is 0.411. The molecule has 0 bridgehead atoms. The van der Waals surface area contributed by atoms with Crippen LogP contribution in [-0.4, -0.2) is 14.2 Å². The number of hydrogen-bond donors (Lipinski definition) is 0. The highest BCUT2D eigenvalue weighted by molar-refractivity contribution is 6.30. The van der Waals surface area contributed by atoms with Crippen LogP contribution in [0.1, 0.15) is 16.7 Å². The number of methoxy groups -OCH3 is 2. The molecule has 0 unspecified atom stereocenters. The van der Waals surface area contributed by atoms with Gasteiger partial charge in [0.05, 0.1) is 25.9 Å². The molecule has 0 aliphatic heterocycles. The minimum absolute atomic E-state index is 0.411. The molecular weight excluding hydrogens is 386 g/mol. The lowest BCUT2D eigenvalue weighted by Gasteiger charge is -2.10. The van der Waals surface area contributed by atoms with Crippen molar-refractivity contribution in [3.8, 4) is 23.3 Å². The van der Waals surface area contributed by atoms with E-state index in [0.29, 0.717) is 34.5 Å².